The van der Waals surface area contributed by atoms with E-state index >= 15 is 0 Å². The Balaban J connectivity index is 1.98. The van der Waals surface area contributed by atoms with E-state index in [4.69, 9.17) is 21.1 Å². The van der Waals surface area contributed by atoms with Crippen molar-refractivity contribution < 1.29 is 9.47 Å². The van der Waals surface area contributed by atoms with Crippen LogP contribution < -0.4 is 9.47 Å². The van der Waals surface area contributed by atoms with Crippen molar-refractivity contribution in [2.75, 3.05) is 14.2 Å². The van der Waals surface area contributed by atoms with Gasteiger partial charge in [0.05, 0.1) is 27.1 Å². The fourth-order valence-electron chi connectivity index (χ4n) is 2.59. The molecule has 2 aromatic carbocycles. The van der Waals surface area contributed by atoms with Crippen LogP contribution in [0, 0.1) is 11.3 Å². The zero-order valence-electron chi connectivity index (χ0n) is 14.9. The highest BCUT2D eigenvalue weighted by Gasteiger charge is 2.12. The molecule has 136 valence electrons. The molecule has 0 aliphatic carbocycles. The fourth-order valence-corrected chi connectivity index (χ4v) is 2.78. The average Bonchev–Trinajstić information content (AvgIpc) is 3.09. The highest BCUT2D eigenvalue weighted by atomic mass is 35.5. The fraction of sp³-hybridized carbons (Fsp3) is 0.150. The van der Waals surface area contributed by atoms with E-state index in [-0.39, 0.29) is 5.69 Å². The third-order valence-electron chi connectivity index (χ3n) is 3.98. The van der Waals surface area contributed by atoms with Crippen LogP contribution in [0.25, 0.3) is 0 Å². The second kappa shape index (κ2) is 8.39. The molecule has 0 fully saturated rings. The molecule has 0 saturated carbocycles. The summed E-state index contributed by atoms with van der Waals surface area (Å²) in [6.45, 7) is 0.455. The normalized spacial score (nSPS) is 10.7. The van der Waals surface area contributed by atoms with Crippen molar-refractivity contribution in [1.82, 2.24) is 9.55 Å². The molecule has 0 spiro atoms. The Morgan fingerprint density at radius 3 is 2.74 bits per heavy atom. The first kappa shape index (κ1) is 18.5. The van der Waals surface area contributed by atoms with Gasteiger partial charge in [0.25, 0.3) is 0 Å². The zero-order chi connectivity index (χ0) is 19.2. The van der Waals surface area contributed by atoms with Crippen molar-refractivity contribution in [3.63, 3.8) is 0 Å². The Morgan fingerprint density at radius 2 is 2.04 bits per heavy atom. The first-order valence-corrected chi connectivity index (χ1v) is 8.48. The van der Waals surface area contributed by atoms with Crippen LogP contribution in [0.4, 0.5) is 5.82 Å². The van der Waals surface area contributed by atoms with Gasteiger partial charge in [0.1, 0.15) is 17.6 Å². The smallest absolute Gasteiger partial charge is 0.185 e. The van der Waals surface area contributed by atoms with Gasteiger partial charge in [-0.3, -0.25) is 0 Å². The topological polar surface area (TPSA) is 72.4 Å². The number of hydrogen-bond donors (Lipinski definition) is 0. The maximum Gasteiger partial charge on any atom is 0.185 e. The van der Waals surface area contributed by atoms with E-state index in [9.17, 15) is 5.26 Å². The Hall–Kier alpha value is -3.30. The minimum atomic E-state index is 0.236. The summed E-state index contributed by atoms with van der Waals surface area (Å²) in [7, 11) is 3.18. The van der Waals surface area contributed by atoms with E-state index in [0.717, 1.165) is 11.1 Å². The Labute approximate surface area is 162 Å². The van der Waals surface area contributed by atoms with Crippen molar-refractivity contribution in [2.24, 2.45) is 4.99 Å². The number of aliphatic imine (C=N–C) groups is 1. The van der Waals surface area contributed by atoms with Gasteiger partial charge in [0, 0.05) is 16.8 Å². The molecular weight excluding hydrogens is 364 g/mol. The maximum atomic E-state index is 9.36. The predicted octanol–water partition coefficient (Wildman–Crippen LogP) is 4.22. The molecule has 6 nitrogen and oxygen atoms in total. The second-order valence-electron chi connectivity index (χ2n) is 5.61. The van der Waals surface area contributed by atoms with Crippen LogP contribution in [0.2, 0.25) is 5.02 Å². The largest absolute Gasteiger partial charge is 0.497 e. The molecular formula is C20H17ClN4O2. The van der Waals surface area contributed by atoms with Gasteiger partial charge in [0.15, 0.2) is 11.5 Å². The summed E-state index contributed by atoms with van der Waals surface area (Å²) in [5.74, 6) is 1.78. The molecule has 0 atom stereocenters. The Morgan fingerprint density at radius 1 is 1.22 bits per heavy atom. The molecule has 1 aromatic heterocycles. The molecule has 0 amide bonds. The molecule has 0 unspecified atom stereocenters. The summed E-state index contributed by atoms with van der Waals surface area (Å²) >= 11 is 6.25. The highest BCUT2D eigenvalue weighted by molar-refractivity contribution is 6.31. The Bertz CT molecular complexity index is 1020. The molecule has 0 aliphatic rings. The lowest BCUT2D eigenvalue weighted by atomic mass is 10.2. The first-order chi connectivity index (χ1) is 13.2. The van der Waals surface area contributed by atoms with Gasteiger partial charge >= 0.3 is 0 Å². The number of nitrogens with zero attached hydrogens (tertiary/aromatic N) is 4. The molecule has 3 rings (SSSR count). The minimum Gasteiger partial charge on any atom is -0.497 e. The number of imidazole rings is 1. The number of methoxy groups -OCH3 is 2. The number of benzene rings is 2. The van der Waals surface area contributed by atoms with Gasteiger partial charge in [-0.15, -0.1) is 0 Å². The van der Waals surface area contributed by atoms with Crippen LogP contribution in [0.5, 0.6) is 11.5 Å². The van der Waals surface area contributed by atoms with E-state index in [2.05, 4.69) is 16.0 Å². The number of nitriles is 1. The van der Waals surface area contributed by atoms with Gasteiger partial charge in [-0.1, -0.05) is 29.8 Å². The number of hydrogen-bond acceptors (Lipinski definition) is 5. The summed E-state index contributed by atoms with van der Waals surface area (Å²) in [6, 6.07) is 15.0. The number of rotatable bonds is 6. The molecule has 0 aliphatic heterocycles. The third-order valence-corrected chi connectivity index (χ3v) is 4.35. The Kier molecular flexibility index (Phi) is 5.74. The molecule has 0 radical (unpaired) electrons. The van der Waals surface area contributed by atoms with Crippen molar-refractivity contribution in [1.29, 1.82) is 5.26 Å². The molecule has 0 saturated heterocycles. The number of halogens is 1. The van der Waals surface area contributed by atoms with Crippen molar-refractivity contribution in [2.45, 2.75) is 6.54 Å². The van der Waals surface area contributed by atoms with Gasteiger partial charge in [-0.25, -0.2) is 9.98 Å². The lowest BCUT2D eigenvalue weighted by Crippen LogP contribution is -1.99. The zero-order valence-corrected chi connectivity index (χ0v) is 15.6. The van der Waals surface area contributed by atoms with Crippen LogP contribution in [0.15, 0.2) is 53.8 Å². The van der Waals surface area contributed by atoms with Gasteiger partial charge < -0.3 is 14.0 Å². The number of aromatic nitrogens is 2. The van der Waals surface area contributed by atoms with Crippen LogP contribution >= 0.6 is 11.6 Å². The first-order valence-electron chi connectivity index (χ1n) is 8.11. The minimum absolute atomic E-state index is 0.236. The van der Waals surface area contributed by atoms with Crippen LogP contribution in [0.1, 0.15) is 16.8 Å². The number of ether oxygens (including phenoxy) is 2. The van der Waals surface area contributed by atoms with Gasteiger partial charge in [-0.05, 0) is 29.8 Å². The van der Waals surface area contributed by atoms with Crippen LogP contribution in [-0.2, 0) is 6.54 Å². The van der Waals surface area contributed by atoms with Crippen LogP contribution in [0.3, 0.4) is 0 Å². The molecule has 0 N–H and O–H groups in total. The second-order valence-corrected chi connectivity index (χ2v) is 6.02. The van der Waals surface area contributed by atoms with Crippen molar-refractivity contribution >= 4 is 23.6 Å². The van der Waals surface area contributed by atoms with E-state index in [1.165, 1.54) is 0 Å². The summed E-state index contributed by atoms with van der Waals surface area (Å²) in [5.41, 5.74) is 1.88. The molecule has 1 heterocycles. The summed E-state index contributed by atoms with van der Waals surface area (Å²) in [5, 5.41) is 10.0. The van der Waals surface area contributed by atoms with E-state index in [1.807, 2.05) is 30.3 Å². The molecule has 7 heteroatoms. The average molecular weight is 381 g/mol. The monoisotopic (exact) mass is 380 g/mol. The summed E-state index contributed by atoms with van der Waals surface area (Å²) in [6.07, 6.45) is 3.21. The van der Waals surface area contributed by atoms with E-state index < -0.39 is 0 Å². The third kappa shape index (κ3) is 4.10. The summed E-state index contributed by atoms with van der Waals surface area (Å²) < 4.78 is 12.4. The van der Waals surface area contributed by atoms with E-state index in [0.29, 0.717) is 28.9 Å². The van der Waals surface area contributed by atoms with Crippen LogP contribution in [-0.4, -0.2) is 30.0 Å². The summed E-state index contributed by atoms with van der Waals surface area (Å²) in [4.78, 5) is 8.63. The van der Waals surface area contributed by atoms with Crippen molar-refractivity contribution in [3.8, 4) is 17.6 Å². The standard InChI is InChI=1S/C20H17ClN4O2/c1-26-16-7-8-19(27-2)15(9-16)11-23-20-18(10-22)24-13-25(20)12-14-5-3-4-6-17(14)21/h3-9,11,13H,12H2,1-2H3/b23-11+. The van der Waals surface area contributed by atoms with Gasteiger partial charge in [-0.2, -0.15) is 5.26 Å². The molecule has 0 bridgehead atoms. The SMILES string of the molecule is COc1ccc(OC)c(/C=N/c2c(C#N)ncn2Cc2ccccc2Cl)c1. The predicted molar refractivity (Wildman–Crippen MR) is 104 cm³/mol. The molecule has 3 aromatic rings. The quantitative estimate of drug-likeness (QED) is 0.600. The van der Waals surface area contributed by atoms with Gasteiger partial charge in [0.2, 0.25) is 0 Å². The molecule has 27 heavy (non-hydrogen) atoms. The van der Waals surface area contributed by atoms with Crippen molar-refractivity contribution in [3.05, 3.63) is 70.6 Å². The maximum absolute atomic E-state index is 9.36. The lowest BCUT2D eigenvalue weighted by molar-refractivity contribution is 0.402. The lowest BCUT2D eigenvalue weighted by Gasteiger charge is -2.08. The highest BCUT2D eigenvalue weighted by Crippen LogP contribution is 2.25. The van der Waals surface area contributed by atoms with E-state index in [1.54, 1.807) is 43.5 Å².